The second-order valence-electron chi connectivity index (χ2n) is 5.39. The summed E-state index contributed by atoms with van der Waals surface area (Å²) in [6.07, 6.45) is -0.200. The summed E-state index contributed by atoms with van der Waals surface area (Å²) < 4.78 is 5.85. The summed E-state index contributed by atoms with van der Waals surface area (Å²) in [4.78, 5) is 12.4. The highest BCUT2D eigenvalue weighted by molar-refractivity contribution is 9.10. The van der Waals surface area contributed by atoms with Crippen LogP contribution in [0.25, 0.3) is 0 Å². The zero-order chi connectivity index (χ0) is 17.3. The number of benzene rings is 1. The van der Waals surface area contributed by atoms with E-state index < -0.39 is 17.0 Å². The van der Waals surface area contributed by atoms with Crippen molar-refractivity contribution in [1.82, 2.24) is 0 Å². The van der Waals surface area contributed by atoms with E-state index in [1.54, 1.807) is 31.2 Å². The third-order valence-electron chi connectivity index (χ3n) is 4.13. The molecule has 0 spiro atoms. The van der Waals surface area contributed by atoms with E-state index in [0.717, 1.165) is 4.47 Å². The maximum absolute atomic E-state index is 12.4. The number of halogens is 1. The van der Waals surface area contributed by atoms with Gasteiger partial charge in [0.15, 0.2) is 5.41 Å². The lowest BCUT2D eigenvalue weighted by atomic mass is 9.80. The molecule has 6 heteroatoms. The van der Waals surface area contributed by atoms with E-state index in [-0.39, 0.29) is 24.2 Å². The lowest BCUT2D eigenvalue weighted by molar-refractivity contribution is -0.141. The molecule has 0 bridgehead atoms. The van der Waals surface area contributed by atoms with Crippen LogP contribution in [0.5, 0.6) is 0 Å². The average molecular weight is 375 g/mol. The lowest BCUT2D eigenvalue weighted by Gasteiger charge is -2.27. The van der Waals surface area contributed by atoms with Gasteiger partial charge in [0, 0.05) is 10.9 Å². The molecule has 0 saturated carbocycles. The summed E-state index contributed by atoms with van der Waals surface area (Å²) in [5, 5.41) is 30.1. The second-order valence-corrected chi connectivity index (χ2v) is 6.31. The first-order valence-corrected chi connectivity index (χ1v) is 7.84. The minimum absolute atomic E-state index is 0.0234. The number of nitriles is 2. The van der Waals surface area contributed by atoms with Crippen LogP contribution in [0, 0.1) is 28.1 Å². The van der Waals surface area contributed by atoms with Crippen molar-refractivity contribution in [1.29, 1.82) is 10.5 Å². The molecule has 1 aliphatic carbocycles. The Morgan fingerprint density at radius 2 is 1.91 bits per heavy atom. The first-order valence-electron chi connectivity index (χ1n) is 7.04. The minimum atomic E-state index is -1.73. The Balaban J connectivity index is 2.68. The Labute approximate surface area is 142 Å². The van der Waals surface area contributed by atoms with Crippen molar-refractivity contribution in [3.8, 4) is 12.1 Å². The maximum Gasteiger partial charge on any atom is 0.337 e. The molecule has 1 N–H and O–H groups in total. The normalized spacial score (nSPS) is 22.3. The molecule has 1 aliphatic rings. The Kier molecular flexibility index (Phi) is 4.61. The van der Waals surface area contributed by atoms with Gasteiger partial charge in [0.05, 0.1) is 24.3 Å². The summed E-state index contributed by atoms with van der Waals surface area (Å²) in [7, 11) is 0. The van der Waals surface area contributed by atoms with Crippen LogP contribution >= 0.6 is 15.9 Å². The van der Waals surface area contributed by atoms with Crippen molar-refractivity contribution in [2.75, 3.05) is 6.61 Å². The molecule has 0 heterocycles. The van der Waals surface area contributed by atoms with Gasteiger partial charge in [-0.1, -0.05) is 28.1 Å². The molecular weight excluding hydrogens is 360 g/mol. The van der Waals surface area contributed by atoms with Gasteiger partial charge >= 0.3 is 5.97 Å². The molecule has 1 atom stereocenters. The highest BCUT2D eigenvalue weighted by Gasteiger charge is 2.56. The zero-order valence-electron chi connectivity index (χ0n) is 12.8. The van der Waals surface area contributed by atoms with Crippen LogP contribution < -0.4 is 0 Å². The third-order valence-corrected chi connectivity index (χ3v) is 4.66. The number of aliphatic hydroxyl groups is 1. The topological polar surface area (TPSA) is 94.1 Å². The molecule has 0 aromatic heterocycles. The van der Waals surface area contributed by atoms with Crippen molar-refractivity contribution >= 4 is 21.9 Å². The van der Waals surface area contributed by atoms with Gasteiger partial charge in [-0.3, -0.25) is 0 Å². The highest BCUT2D eigenvalue weighted by atomic mass is 79.9. The first-order chi connectivity index (χ1) is 10.8. The minimum Gasteiger partial charge on any atom is -0.463 e. The van der Waals surface area contributed by atoms with Gasteiger partial charge in [-0.2, -0.15) is 10.5 Å². The van der Waals surface area contributed by atoms with Crippen LogP contribution in [-0.4, -0.2) is 17.7 Å². The molecule has 1 aromatic rings. The molecule has 0 fully saturated rings. The van der Waals surface area contributed by atoms with Crippen molar-refractivity contribution in [2.24, 2.45) is 5.41 Å². The molecular formula is C17H15BrN2O3. The molecule has 23 heavy (non-hydrogen) atoms. The summed E-state index contributed by atoms with van der Waals surface area (Å²) in [6.45, 7) is 3.32. The summed E-state index contributed by atoms with van der Waals surface area (Å²) >= 11 is 3.31. The quantitative estimate of drug-likeness (QED) is 0.820. The molecule has 0 radical (unpaired) electrons. The molecule has 0 amide bonds. The van der Waals surface area contributed by atoms with Gasteiger partial charge in [0.25, 0.3) is 0 Å². The number of carbonyl (C=O) groups excluding carboxylic acids is 1. The van der Waals surface area contributed by atoms with Crippen LogP contribution in [0.15, 0.2) is 39.9 Å². The van der Waals surface area contributed by atoms with Gasteiger partial charge in [-0.25, -0.2) is 4.79 Å². The fraction of sp³-hybridized carbons (Fsp3) is 0.353. The summed E-state index contributed by atoms with van der Waals surface area (Å²) in [5.74, 6) is -0.706. The van der Waals surface area contributed by atoms with Crippen LogP contribution in [-0.2, 0) is 15.1 Å². The van der Waals surface area contributed by atoms with Crippen molar-refractivity contribution in [2.45, 2.75) is 25.9 Å². The number of rotatable bonds is 3. The van der Waals surface area contributed by atoms with Crippen LogP contribution in [0.1, 0.15) is 25.8 Å². The lowest BCUT2D eigenvalue weighted by Crippen LogP contribution is -2.32. The van der Waals surface area contributed by atoms with Gasteiger partial charge in [-0.15, -0.1) is 0 Å². The van der Waals surface area contributed by atoms with Crippen LogP contribution in [0.2, 0.25) is 0 Å². The van der Waals surface area contributed by atoms with Crippen LogP contribution in [0.4, 0.5) is 0 Å². The Morgan fingerprint density at radius 1 is 1.35 bits per heavy atom. The van der Waals surface area contributed by atoms with Crippen LogP contribution in [0.3, 0.4) is 0 Å². The smallest absolute Gasteiger partial charge is 0.337 e. The Morgan fingerprint density at radius 3 is 2.39 bits per heavy atom. The summed E-state index contributed by atoms with van der Waals surface area (Å²) in [5.41, 5.74) is -2.63. The van der Waals surface area contributed by atoms with E-state index in [1.165, 1.54) is 6.92 Å². The van der Waals surface area contributed by atoms with Gasteiger partial charge in [-0.05, 0) is 37.1 Å². The number of carbonyl (C=O) groups is 1. The number of ether oxygens (including phenoxy) is 1. The Bertz CT molecular complexity index is 742. The average Bonchev–Trinajstić information content (AvgIpc) is 2.77. The van der Waals surface area contributed by atoms with Gasteiger partial charge < -0.3 is 9.84 Å². The molecule has 1 aromatic carbocycles. The summed E-state index contributed by atoms with van der Waals surface area (Å²) in [6, 6.07) is 10.6. The number of hydrogen-bond donors (Lipinski definition) is 1. The van der Waals surface area contributed by atoms with E-state index in [1.807, 2.05) is 12.1 Å². The predicted molar refractivity (Wildman–Crippen MR) is 85.6 cm³/mol. The number of hydrogen-bond acceptors (Lipinski definition) is 5. The Hall–Kier alpha value is -2.15. The van der Waals surface area contributed by atoms with E-state index in [4.69, 9.17) is 4.74 Å². The molecule has 5 nitrogen and oxygen atoms in total. The molecule has 118 valence electrons. The maximum atomic E-state index is 12.4. The molecule has 0 saturated heterocycles. The second kappa shape index (κ2) is 6.16. The predicted octanol–water partition coefficient (Wildman–Crippen LogP) is 2.95. The third kappa shape index (κ3) is 2.65. The fourth-order valence-corrected chi connectivity index (χ4v) is 3.16. The van der Waals surface area contributed by atoms with E-state index in [9.17, 15) is 20.4 Å². The van der Waals surface area contributed by atoms with Gasteiger partial charge in [0.1, 0.15) is 5.60 Å². The molecule has 0 unspecified atom stereocenters. The van der Waals surface area contributed by atoms with Gasteiger partial charge in [0.2, 0.25) is 0 Å². The van der Waals surface area contributed by atoms with E-state index >= 15 is 0 Å². The SMILES string of the molecule is CCOC(=O)C1=C(C)C(C#N)(C#N)C[C@]1(O)c1ccc(Br)cc1. The molecule has 0 aliphatic heterocycles. The van der Waals surface area contributed by atoms with E-state index in [0.29, 0.717) is 5.56 Å². The largest absolute Gasteiger partial charge is 0.463 e. The van der Waals surface area contributed by atoms with E-state index in [2.05, 4.69) is 15.9 Å². The van der Waals surface area contributed by atoms with Crippen molar-refractivity contribution in [3.63, 3.8) is 0 Å². The monoisotopic (exact) mass is 374 g/mol. The highest BCUT2D eigenvalue weighted by Crippen LogP contribution is 2.53. The fourth-order valence-electron chi connectivity index (χ4n) is 2.90. The first kappa shape index (κ1) is 17.2. The zero-order valence-corrected chi connectivity index (χ0v) is 14.3. The van der Waals surface area contributed by atoms with Crippen molar-refractivity contribution < 1.29 is 14.6 Å². The van der Waals surface area contributed by atoms with Crippen molar-refractivity contribution in [3.05, 3.63) is 45.4 Å². The number of allylic oxidation sites excluding steroid dienone is 1. The number of esters is 1. The number of nitrogens with zero attached hydrogens (tertiary/aromatic N) is 2. The molecule has 2 rings (SSSR count). The standard InChI is InChI=1S/C17H15BrN2O3/c1-3-23-15(21)14-11(2)16(9-19,10-20)8-17(14,22)12-4-6-13(18)7-5-12/h4-7,22H,3,8H2,1-2H3/t17-/m0/s1.